The van der Waals surface area contributed by atoms with Crippen LogP contribution in [0.5, 0.6) is 0 Å². The molecule has 0 saturated carbocycles. The first kappa shape index (κ1) is 12.6. The molecule has 1 amide bonds. The summed E-state index contributed by atoms with van der Waals surface area (Å²) in [6, 6.07) is 0. The van der Waals surface area contributed by atoms with Crippen molar-refractivity contribution in [1.82, 2.24) is 15.1 Å². The van der Waals surface area contributed by atoms with E-state index in [9.17, 15) is 13.2 Å². The number of rotatable bonds is 5. The Kier molecular flexibility index (Phi) is 3.62. The molecule has 16 heavy (non-hydrogen) atoms. The van der Waals surface area contributed by atoms with E-state index in [-0.39, 0.29) is 4.90 Å². The topological polar surface area (TPSA) is 127 Å². The third kappa shape index (κ3) is 2.78. The summed E-state index contributed by atoms with van der Waals surface area (Å²) in [5.41, 5.74) is 5.48. The molecule has 1 aromatic rings. The Labute approximate surface area is 92.2 Å². The van der Waals surface area contributed by atoms with E-state index in [1.165, 1.54) is 6.92 Å². The van der Waals surface area contributed by atoms with Crippen LogP contribution in [0.25, 0.3) is 0 Å². The van der Waals surface area contributed by atoms with Crippen LogP contribution in [0.2, 0.25) is 0 Å². The van der Waals surface area contributed by atoms with Gasteiger partial charge in [0.1, 0.15) is 11.5 Å². The van der Waals surface area contributed by atoms with Crippen molar-refractivity contribution in [2.75, 3.05) is 6.61 Å². The van der Waals surface area contributed by atoms with Crippen LogP contribution < -0.4 is 10.6 Å². The van der Waals surface area contributed by atoms with Crippen molar-refractivity contribution in [1.29, 1.82) is 0 Å². The van der Waals surface area contributed by atoms with E-state index in [1.54, 1.807) is 11.8 Å². The molecule has 90 valence electrons. The second-order valence-corrected chi connectivity index (χ2v) is 4.69. The van der Waals surface area contributed by atoms with Crippen molar-refractivity contribution in [3.63, 3.8) is 0 Å². The number of amides is 1. The summed E-state index contributed by atoms with van der Waals surface area (Å²) in [7, 11) is -3.85. The predicted octanol–water partition coefficient (Wildman–Crippen LogP) is -1.28. The lowest BCUT2D eigenvalue weighted by atomic mass is 10.4. The zero-order valence-corrected chi connectivity index (χ0v) is 9.59. The predicted molar refractivity (Wildman–Crippen MR) is 53.5 cm³/mol. The molecular weight excluding hydrogens is 236 g/mol. The van der Waals surface area contributed by atoms with E-state index in [0.717, 1.165) is 0 Å². The fraction of sp³-hybridized carbons (Fsp3) is 0.429. The van der Waals surface area contributed by atoms with Gasteiger partial charge < -0.3 is 5.73 Å². The number of aromatic nitrogens is 2. The summed E-state index contributed by atoms with van der Waals surface area (Å²) in [4.78, 5) is 16.6. The Bertz CT molecular complexity index is 473. The highest BCUT2D eigenvalue weighted by Gasteiger charge is 2.22. The van der Waals surface area contributed by atoms with Crippen molar-refractivity contribution in [2.45, 2.75) is 18.7 Å². The van der Waals surface area contributed by atoms with Gasteiger partial charge in [-0.15, -0.1) is 0 Å². The third-order valence-corrected chi connectivity index (χ3v) is 3.19. The van der Waals surface area contributed by atoms with Gasteiger partial charge in [0.05, 0.1) is 11.4 Å². The molecule has 0 unspecified atom stereocenters. The molecule has 8 nitrogen and oxygen atoms in total. The molecule has 1 heterocycles. The summed E-state index contributed by atoms with van der Waals surface area (Å²) in [6.45, 7) is 2.56. The van der Waals surface area contributed by atoms with E-state index >= 15 is 0 Å². The van der Waals surface area contributed by atoms with Gasteiger partial charge >= 0.3 is 0 Å². The number of hydrogen-bond donors (Lipinski definition) is 3. The van der Waals surface area contributed by atoms with Crippen LogP contribution in [-0.4, -0.2) is 31.1 Å². The molecule has 4 N–H and O–H groups in total. The molecule has 0 radical (unpaired) electrons. The maximum Gasteiger partial charge on any atom is 0.266 e. The highest BCUT2D eigenvalue weighted by molar-refractivity contribution is 7.89. The summed E-state index contributed by atoms with van der Waals surface area (Å²) in [5, 5.41) is 6.26. The number of H-pyrrole nitrogens is 1. The van der Waals surface area contributed by atoms with Crippen molar-refractivity contribution in [3.8, 4) is 0 Å². The Morgan fingerprint density at radius 2 is 2.19 bits per heavy atom. The SMILES string of the molecule is Cc1n[nH]c(C)c1S(=O)(=O)NOCC(N)=O. The van der Waals surface area contributed by atoms with E-state index < -0.39 is 22.5 Å². The second-order valence-electron chi connectivity index (χ2n) is 3.10. The van der Waals surface area contributed by atoms with E-state index in [1.807, 2.05) is 0 Å². The summed E-state index contributed by atoms with van der Waals surface area (Å²) < 4.78 is 23.3. The molecule has 0 aliphatic heterocycles. The van der Waals surface area contributed by atoms with E-state index in [0.29, 0.717) is 11.4 Å². The zero-order valence-electron chi connectivity index (χ0n) is 8.77. The first-order valence-corrected chi connectivity index (χ1v) is 5.76. The molecule has 0 saturated heterocycles. The molecule has 0 spiro atoms. The lowest BCUT2D eigenvalue weighted by Gasteiger charge is -2.05. The maximum atomic E-state index is 11.7. The van der Waals surface area contributed by atoms with Gasteiger partial charge in [0.15, 0.2) is 0 Å². The van der Waals surface area contributed by atoms with Gasteiger partial charge in [-0.3, -0.25) is 14.7 Å². The fourth-order valence-electron chi connectivity index (χ4n) is 1.16. The van der Waals surface area contributed by atoms with Crippen LogP contribution in [0.1, 0.15) is 11.4 Å². The first-order valence-electron chi connectivity index (χ1n) is 4.28. The molecule has 0 aliphatic carbocycles. The minimum atomic E-state index is -3.85. The van der Waals surface area contributed by atoms with Gasteiger partial charge in [0.2, 0.25) is 5.91 Å². The number of aromatic amines is 1. The molecular formula is C7H12N4O4S. The van der Waals surface area contributed by atoms with Crippen molar-refractivity contribution < 1.29 is 18.0 Å². The molecule has 0 atom stereocenters. The van der Waals surface area contributed by atoms with Crippen molar-refractivity contribution in [2.24, 2.45) is 5.73 Å². The number of nitrogens with one attached hydrogen (secondary N) is 2. The Balaban J connectivity index is 2.83. The van der Waals surface area contributed by atoms with Crippen molar-refractivity contribution >= 4 is 15.9 Å². The largest absolute Gasteiger partial charge is 0.368 e. The normalized spacial score (nSPS) is 11.6. The first-order chi connectivity index (χ1) is 7.34. The smallest absolute Gasteiger partial charge is 0.266 e. The Morgan fingerprint density at radius 1 is 1.56 bits per heavy atom. The monoisotopic (exact) mass is 248 g/mol. The standard InChI is InChI=1S/C7H12N4O4S/c1-4-7(5(2)10-9-4)16(13,14)11-15-3-6(8)12/h11H,3H2,1-2H3,(H2,8,12)(H,9,10). The lowest BCUT2D eigenvalue weighted by molar-refractivity contribution is -0.123. The number of carbonyl (C=O) groups excluding carboxylic acids is 1. The van der Waals surface area contributed by atoms with Gasteiger partial charge in [0.25, 0.3) is 10.0 Å². The van der Waals surface area contributed by atoms with Gasteiger partial charge in [-0.25, -0.2) is 8.42 Å². The van der Waals surface area contributed by atoms with Gasteiger partial charge in [-0.2, -0.15) is 5.10 Å². The van der Waals surface area contributed by atoms with Gasteiger partial charge in [0, 0.05) is 0 Å². The number of hydrogen-bond acceptors (Lipinski definition) is 5. The number of carbonyl (C=O) groups is 1. The maximum absolute atomic E-state index is 11.7. The minimum Gasteiger partial charge on any atom is -0.368 e. The molecule has 0 fully saturated rings. The van der Waals surface area contributed by atoms with Crippen molar-refractivity contribution in [3.05, 3.63) is 11.4 Å². The van der Waals surface area contributed by atoms with E-state index in [2.05, 4.69) is 15.0 Å². The summed E-state index contributed by atoms with van der Waals surface area (Å²) in [6.07, 6.45) is 0. The molecule has 1 aromatic heterocycles. The average molecular weight is 248 g/mol. The number of aryl methyl sites for hydroxylation is 2. The summed E-state index contributed by atoms with van der Waals surface area (Å²) >= 11 is 0. The zero-order chi connectivity index (χ0) is 12.3. The number of sulfonamides is 1. The highest BCUT2D eigenvalue weighted by Crippen LogP contribution is 2.15. The molecule has 1 rings (SSSR count). The van der Waals surface area contributed by atoms with Crippen LogP contribution >= 0.6 is 0 Å². The van der Waals surface area contributed by atoms with Crippen LogP contribution in [0.3, 0.4) is 0 Å². The second kappa shape index (κ2) is 4.60. The van der Waals surface area contributed by atoms with Crippen LogP contribution in [-0.2, 0) is 19.7 Å². The Morgan fingerprint density at radius 3 is 2.62 bits per heavy atom. The molecule has 0 bridgehead atoms. The van der Waals surface area contributed by atoms with Crippen LogP contribution in [0, 0.1) is 13.8 Å². The van der Waals surface area contributed by atoms with Crippen LogP contribution in [0.15, 0.2) is 4.90 Å². The number of nitrogens with zero attached hydrogens (tertiary/aromatic N) is 1. The highest BCUT2D eigenvalue weighted by atomic mass is 32.2. The fourth-order valence-corrected chi connectivity index (χ4v) is 2.34. The lowest BCUT2D eigenvalue weighted by Crippen LogP contribution is -2.30. The minimum absolute atomic E-state index is 0.00281. The Hall–Kier alpha value is -1.45. The number of primary amides is 1. The van der Waals surface area contributed by atoms with Gasteiger partial charge in [-0.1, -0.05) is 4.89 Å². The third-order valence-electron chi connectivity index (χ3n) is 1.71. The molecule has 0 aliphatic rings. The van der Waals surface area contributed by atoms with E-state index in [4.69, 9.17) is 5.73 Å². The summed E-state index contributed by atoms with van der Waals surface area (Å²) in [5.74, 6) is -0.775. The molecule has 9 heteroatoms. The number of nitrogens with two attached hydrogens (primary N) is 1. The molecule has 0 aromatic carbocycles. The average Bonchev–Trinajstić information content (AvgIpc) is 2.45. The van der Waals surface area contributed by atoms with Gasteiger partial charge in [-0.05, 0) is 13.8 Å². The quantitative estimate of drug-likeness (QED) is 0.559. The van der Waals surface area contributed by atoms with Crippen LogP contribution in [0.4, 0.5) is 0 Å².